The first-order valence-corrected chi connectivity index (χ1v) is 5.91. The number of hydrogen-bond donors (Lipinski definition) is 1. The Kier molecular flexibility index (Phi) is 5.06. The van der Waals surface area contributed by atoms with E-state index in [1.807, 2.05) is 12.1 Å². The fourth-order valence-electron chi connectivity index (χ4n) is 1.30. The van der Waals surface area contributed by atoms with Crippen molar-refractivity contribution < 1.29 is 4.74 Å². The van der Waals surface area contributed by atoms with Gasteiger partial charge in [-0.3, -0.25) is 0 Å². The lowest BCUT2D eigenvalue weighted by Gasteiger charge is -2.20. The number of terminal acetylenes is 1. The van der Waals surface area contributed by atoms with Gasteiger partial charge in [0.25, 0.3) is 0 Å². The predicted octanol–water partition coefficient (Wildman–Crippen LogP) is 2.98. The van der Waals surface area contributed by atoms with Gasteiger partial charge in [-0.15, -0.1) is 12.3 Å². The third-order valence-corrected chi connectivity index (χ3v) is 2.26. The second-order valence-electron chi connectivity index (χ2n) is 5.05. The molecular formula is C15H21NO. The van der Waals surface area contributed by atoms with Gasteiger partial charge in [0, 0.05) is 18.5 Å². The van der Waals surface area contributed by atoms with E-state index in [1.165, 1.54) is 5.56 Å². The molecule has 1 N–H and O–H groups in total. The minimum absolute atomic E-state index is 0.141. The summed E-state index contributed by atoms with van der Waals surface area (Å²) >= 11 is 0. The van der Waals surface area contributed by atoms with Crippen molar-refractivity contribution in [2.45, 2.75) is 39.3 Å². The van der Waals surface area contributed by atoms with Gasteiger partial charge in [0.15, 0.2) is 0 Å². The Morgan fingerprint density at radius 2 is 1.88 bits per heavy atom. The Labute approximate surface area is 104 Å². The zero-order valence-corrected chi connectivity index (χ0v) is 10.9. The van der Waals surface area contributed by atoms with Gasteiger partial charge in [0.05, 0.1) is 6.61 Å². The highest BCUT2D eigenvalue weighted by Gasteiger charge is 2.07. The first-order chi connectivity index (χ1) is 8.01. The molecular weight excluding hydrogens is 210 g/mol. The quantitative estimate of drug-likeness (QED) is 0.621. The van der Waals surface area contributed by atoms with Crippen LogP contribution in [-0.2, 0) is 6.54 Å². The van der Waals surface area contributed by atoms with E-state index in [1.54, 1.807) is 0 Å². The summed E-state index contributed by atoms with van der Waals surface area (Å²) in [4.78, 5) is 0. The zero-order valence-electron chi connectivity index (χ0n) is 10.9. The molecule has 0 saturated carbocycles. The van der Waals surface area contributed by atoms with Crippen LogP contribution in [-0.4, -0.2) is 12.1 Å². The van der Waals surface area contributed by atoms with Gasteiger partial charge < -0.3 is 10.1 Å². The van der Waals surface area contributed by atoms with E-state index in [2.05, 4.69) is 44.1 Å². The normalized spacial score (nSPS) is 10.9. The van der Waals surface area contributed by atoms with E-state index in [4.69, 9.17) is 11.2 Å². The first kappa shape index (κ1) is 13.6. The van der Waals surface area contributed by atoms with E-state index < -0.39 is 0 Å². The van der Waals surface area contributed by atoms with Crippen LogP contribution in [0.1, 0.15) is 32.8 Å². The van der Waals surface area contributed by atoms with Gasteiger partial charge in [0.1, 0.15) is 5.75 Å². The Hall–Kier alpha value is -1.46. The average molecular weight is 231 g/mol. The summed E-state index contributed by atoms with van der Waals surface area (Å²) in [5, 5.41) is 3.44. The van der Waals surface area contributed by atoms with Gasteiger partial charge in [-0.25, -0.2) is 0 Å². The molecule has 2 nitrogen and oxygen atoms in total. The molecule has 17 heavy (non-hydrogen) atoms. The SMILES string of the molecule is C#CCCOc1ccc(CNC(C)(C)C)cc1. The van der Waals surface area contributed by atoms with Gasteiger partial charge in [-0.05, 0) is 38.5 Å². The van der Waals surface area contributed by atoms with Crippen LogP contribution < -0.4 is 10.1 Å². The van der Waals surface area contributed by atoms with Gasteiger partial charge in [-0.2, -0.15) is 0 Å². The molecule has 0 aliphatic rings. The maximum atomic E-state index is 5.48. The number of rotatable bonds is 5. The highest BCUT2D eigenvalue weighted by molar-refractivity contribution is 5.27. The summed E-state index contributed by atoms with van der Waals surface area (Å²) in [5.41, 5.74) is 1.39. The number of nitrogens with one attached hydrogen (secondary N) is 1. The second-order valence-corrected chi connectivity index (χ2v) is 5.05. The third-order valence-electron chi connectivity index (χ3n) is 2.26. The van der Waals surface area contributed by atoms with Crippen molar-refractivity contribution in [3.63, 3.8) is 0 Å². The van der Waals surface area contributed by atoms with Crippen LogP contribution in [0.2, 0.25) is 0 Å². The molecule has 2 heteroatoms. The Balaban J connectivity index is 2.42. The Morgan fingerprint density at radius 3 is 2.41 bits per heavy atom. The van der Waals surface area contributed by atoms with E-state index in [9.17, 15) is 0 Å². The molecule has 0 aromatic heterocycles. The van der Waals surface area contributed by atoms with Crippen molar-refractivity contribution in [3.05, 3.63) is 29.8 Å². The van der Waals surface area contributed by atoms with Crippen molar-refractivity contribution in [1.82, 2.24) is 5.32 Å². The van der Waals surface area contributed by atoms with E-state index in [-0.39, 0.29) is 5.54 Å². The molecule has 92 valence electrons. The summed E-state index contributed by atoms with van der Waals surface area (Å²) in [5.74, 6) is 3.43. The third kappa shape index (κ3) is 5.99. The molecule has 0 aliphatic carbocycles. The maximum absolute atomic E-state index is 5.48. The lowest BCUT2D eigenvalue weighted by molar-refractivity contribution is 0.327. The Morgan fingerprint density at radius 1 is 1.24 bits per heavy atom. The molecule has 0 aliphatic heterocycles. The smallest absolute Gasteiger partial charge is 0.119 e. The van der Waals surface area contributed by atoms with E-state index >= 15 is 0 Å². The number of benzene rings is 1. The highest BCUT2D eigenvalue weighted by Crippen LogP contribution is 2.13. The molecule has 1 aromatic rings. The molecule has 0 atom stereocenters. The standard InChI is InChI=1S/C15H21NO/c1-5-6-11-17-14-9-7-13(8-10-14)12-16-15(2,3)4/h1,7-10,16H,6,11-12H2,2-4H3. The molecule has 1 aromatic carbocycles. The van der Waals surface area contributed by atoms with Crippen molar-refractivity contribution in [2.75, 3.05) is 6.61 Å². The van der Waals surface area contributed by atoms with Crippen LogP contribution in [0.5, 0.6) is 5.75 Å². The molecule has 1 rings (SSSR count). The molecule has 0 saturated heterocycles. The van der Waals surface area contributed by atoms with Crippen molar-refractivity contribution >= 4 is 0 Å². The van der Waals surface area contributed by atoms with E-state index in [0.29, 0.717) is 13.0 Å². The molecule has 0 fully saturated rings. The van der Waals surface area contributed by atoms with E-state index in [0.717, 1.165) is 12.3 Å². The van der Waals surface area contributed by atoms with Crippen LogP contribution in [0.15, 0.2) is 24.3 Å². The first-order valence-electron chi connectivity index (χ1n) is 5.91. The maximum Gasteiger partial charge on any atom is 0.119 e. The summed E-state index contributed by atoms with van der Waals surface area (Å²) in [6.07, 6.45) is 5.80. The Bertz CT molecular complexity index is 367. The summed E-state index contributed by atoms with van der Waals surface area (Å²) in [6, 6.07) is 8.11. The highest BCUT2D eigenvalue weighted by atomic mass is 16.5. The molecule has 0 heterocycles. The van der Waals surface area contributed by atoms with Gasteiger partial charge in [-0.1, -0.05) is 12.1 Å². The van der Waals surface area contributed by atoms with Crippen molar-refractivity contribution in [1.29, 1.82) is 0 Å². The average Bonchev–Trinajstić information content (AvgIpc) is 2.27. The topological polar surface area (TPSA) is 21.3 Å². The van der Waals surface area contributed by atoms with Crippen LogP contribution >= 0.6 is 0 Å². The molecule has 0 unspecified atom stereocenters. The van der Waals surface area contributed by atoms with Gasteiger partial charge in [0.2, 0.25) is 0 Å². The fourth-order valence-corrected chi connectivity index (χ4v) is 1.30. The second kappa shape index (κ2) is 6.32. The monoisotopic (exact) mass is 231 g/mol. The molecule has 0 spiro atoms. The summed E-state index contributed by atoms with van der Waals surface area (Å²) in [7, 11) is 0. The minimum Gasteiger partial charge on any atom is -0.493 e. The lowest BCUT2D eigenvalue weighted by atomic mass is 10.1. The molecule has 0 radical (unpaired) electrons. The zero-order chi connectivity index (χ0) is 12.7. The van der Waals surface area contributed by atoms with Crippen LogP contribution in [0.25, 0.3) is 0 Å². The number of hydrogen-bond acceptors (Lipinski definition) is 2. The lowest BCUT2D eigenvalue weighted by Crippen LogP contribution is -2.35. The minimum atomic E-state index is 0.141. The molecule has 0 bridgehead atoms. The largest absolute Gasteiger partial charge is 0.493 e. The van der Waals surface area contributed by atoms with Crippen LogP contribution in [0.3, 0.4) is 0 Å². The van der Waals surface area contributed by atoms with Crippen LogP contribution in [0, 0.1) is 12.3 Å². The fraction of sp³-hybridized carbons (Fsp3) is 0.467. The predicted molar refractivity (Wildman–Crippen MR) is 72.0 cm³/mol. The van der Waals surface area contributed by atoms with Crippen LogP contribution in [0.4, 0.5) is 0 Å². The summed E-state index contributed by atoms with van der Waals surface area (Å²) in [6.45, 7) is 7.92. The van der Waals surface area contributed by atoms with Gasteiger partial charge >= 0.3 is 0 Å². The number of ether oxygens (including phenoxy) is 1. The van der Waals surface area contributed by atoms with Crippen molar-refractivity contribution in [3.8, 4) is 18.1 Å². The summed E-state index contributed by atoms with van der Waals surface area (Å²) < 4.78 is 5.48. The van der Waals surface area contributed by atoms with Crippen molar-refractivity contribution in [2.24, 2.45) is 0 Å². The molecule has 0 amide bonds.